The molecule has 0 aliphatic heterocycles. The molecule has 0 fully saturated rings. The van der Waals surface area contributed by atoms with Gasteiger partial charge in [0.1, 0.15) is 5.56 Å². The summed E-state index contributed by atoms with van der Waals surface area (Å²) in [6.07, 6.45) is 0. The summed E-state index contributed by atoms with van der Waals surface area (Å²) in [6.45, 7) is 1.90. The molecule has 0 saturated heterocycles. The van der Waals surface area contributed by atoms with Gasteiger partial charge in [0, 0.05) is 23.1 Å². The third kappa shape index (κ3) is 3.16. The molecule has 0 aliphatic rings. The first-order valence-corrected chi connectivity index (χ1v) is 7.91. The van der Waals surface area contributed by atoms with E-state index >= 15 is 0 Å². The zero-order valence-corrected chi connectivity index (χ0v) is 14.0. The molecule has 0 amide bonds. The number of carbonyl (C=O) groups excluding carboxylic acids is 1. The minimum atomic E-state index is -0.584. The van der Waals surface area contributed by atoms with Crippen molar-refractivity contribution in [1.82, 2.24) is 4.98 Å². The van der Waals surface area contributed by atoms with Crippen LogP contribution >= 0.6 is 11.6 Å². The van der Waals surface area contributed by atoms with E-state index in [-0.39, 0.29) is 22.9 Å². The topological polar surface area (TPSA) is 82.3 Å². The van der Waals surface area contributed by atoms with Crippen molar-refractivity contribution >= 4 is 34.2 Å². The number of esters is 1. The van der Waals surface area contributed by atoms with Gasteiger partial charge in [-0.25, -0.2) is 9.78 Å². The molecule has 7 heteroatoms. The first-order valence-electron chi connectivity index (χ1n) is 7.53. The van der Waals surface area contributed by atoms with Crippen molar-refractivity contribution in [2.75, 3.05) is 6.61 Å². The number of rotatable bonds is 4. The van der Waals surface area contributed by atoms with Crippen LogP contribution in [0.4, 0.5) is 5.69 Å². The summed E-state index contributed by atoms with van der Waals surface area (Å²) < 4.78 is 5.11. The monoisotopic (exact) mass is 356 g/mol. The average Bonchev–Trinajstić information content (AvgIpc) is 2.62. The van der Waals surface area contributed by atoms with Crippen molar-refractivity contribution in [1.29, 1.82) is 0 Å². The predicted octanol–water partition coefficient (Wildman–Crippen LogP) is 4.64. The number of fused-ring (bicyclic) bond motifs is 1. The fourth-order valence-corrected chi connectivity index (χ4v) is 2.84. The molecule has 0 aliphatic carbocycles. The Bertz CT molecular complexity index is 971. The lowest BCUT2D eigenvalue weighted by Gasteiger charge is -2.12. The second-order valence-corrected chi connectivity index (χ2v) is 5.57. The standard InChI is InChI=1S/C18H13ClN2O4/c1-2-25-18(22)15-16(19)13-5-3-4-6-14(13)20-17(15)11-7-9-12(10-8-11)21(23)24/h3-10H,2H2,1H3. The minimum Gasteiger partial charge on any atom is -0.462 e. The van der Waals surface area contributed by atoms with Gasteiger partial charge in [-0.1, -0.05) is 29.8 Å². The highest BCUT2D eigenvalue weighted by molar-refractivity contribution is 6.39. The van der Waals surface area contributed by atoms with Crippen LogP contribution in [-0.4, -0.2) is 22.5 Å². The Balaban J connectivity index is 2.26. The third-order valence-corrected chi connectivity index (χ3v) is 4.05. The number of para-hydroxylation sites is 1. The van der Waals surface area contributed by atoms with Gasteiger partial charge < -0.3 is 4.74 Å². The SMILES string of the molecule is CCOC(=O)c1c(-c2ccc([N+](=O)[O-])cc2)nc2ccccc2c1Cl. The Morgan fingerprint density at radius 1 is 1.20 bits per heavy atom. The molecule has 0 spiro atoms. The number of non-ortho nitro benzene ring substituents is 1. The molecule has 25 heavy (non-hydrogen) atoms. The van der Waals surface area contributed by atoms with E-state index in [9.17, 15) is 14.9 Å². The Morgan fingerprint density at radius 2 is 1.88 bits per heavy atom. The molecular formula is C18H13ClN2O4. The minimum absolute atomic E-state index is 0.0479. The maximum atomic E-state index is 12.4. The number of nitro groups is 1. The van der Waals surface area contributed by atoms with Crippen molar-refractivity contribution in [3.05, 3.63) is 69.2 Å². The molecular weight excluding hydrogens is 344 g/mol. The summed E-state index contributed by atoms with van der Waals surface area (Å²) in [4.78, 5) is 27.3. The molecule has 1 aromatic heterocycles. The van der Waals surface area contributed by atoms with E-state index in [1.165, 1.54) is 24.3 Å². The van der Waals surface area contributed by atoms with Crippen LogP contribution < -0.4 is 0 Å². The van der Waals surface area contributed by atoms with Crippen LogP contribution in [0, 0.1) is 10.1 Å². The first kappa shape index (κ1) is 16.9. The molecule has 0 bridgehead atoms. The molecule has 2 aromatic carbocycles. The van der Waals surface area contributed by atoms with Gasteiger partial charge in [0.2, 0.25) is 0 Å². The van der Waals surface area contributed by atoms with Crippen LogP contribution in [0.3, 0.4) is 0 Å². The number of nitro benzene ring substituents is 1. The van der Waals surface area contributed by atoms with Gasteiger partial charge in [-0.05, 0) is 25.1 Å². The Labute approximate surface area is 148 Å². The van der Waals surface area contributed by atoms with Crippen LogP contribution in [0.25, 0.3) is 22.2 Å². The molecule has 0 unspecified atom stereocenters. The van der Waals surface area contributed by atoms with Crippen LogP contribution in [0.15, 0.2) is 48.5 Å². The zero-order valence-electron chi connectivity index (χ0n) is 13.2. The Morgan fingerprint density at radius 3 is 2.52 bits per heavy atom. The second-order valence-electron chi connectivity index (χ2n) is 5.19. The van der Waals surface area contributed by atoms with Crippen molar-refractivity contribution in [2.45, 2.75) is 6.92 Å². The number of hydrogen-bond acceptors (Lipinski definition) is 5. The van der Waals surface area contributed by atoms with E-state index in [1.54, 1.807) is 25.1 Å². The summed E-state index contributed by atoms with van der Waals surface area (Å²) in [5.41, 5.74) is 1.59. The van der Waals surface area contributed by atoms with Gasteiger partial charge in [-0.3, -0.25) is 10.1 Å². The second kappa shape index (κ2) is 6.86. The quantitative estimate of drug-likeness (QED) is 0.386. The summed E-state index contributed by atoms with van der Waals surface area (Å²) >= 11 is 6.46. The number of aromatic nitrogens is 1. The van der Waals surface area contributed by atoms with E-state index < -0.39 is 10.9 Å². The lowest BCUT2D eigenvalue weighted by atomic mass is 10.0. The van der Waals surface area contributed by atoms with E-state index in [0.29, 0.717) is 22.2 Å². The molecule has 0 atom stereocenters. The van der Waals surface area contributed by atoms with Gasteiger partial charge in [0.05, 0.1) is 27.8 Å². The molecule has 0 radical (unpaired) electrons. The summed E-state index contributed by atoms with van der Waals surface area (Å²) in [7, 11) is 0. The Hall–Kier alpha value is -2.99. The number of benzene rings is 2. The normalized spacial score (nSPS) is 10.6. The maximum absolute atomic E-state index is 12.4. The molecule has 6 nitrogen and oxygen atoms in total. The number of hydrogen-bond donors (Lipinski definition) is 0. The van der Waals surface area contributed by atoms with Gasteiger partial charge in [-0.2, -0.15) is 0 Å². The van der Waals surface area contributed by atoms with Crippen LogP contribution in [-0.2, 0) is 4.74 Å². The van der Waals surface area contributed by atoms with Gasteiger partial charge >= 0.3 is 5.97 Å². The van der Waals surface area contributed by atoms with Crippen LogP contribution in [0.1, 0.15) is 17.3 Å². The summed E-state index contributed by atoms with van der Waals surface area (Å²) in [6, 6.07) is 13.0. The Kier molecular flexibility index (Phi) is 4.63. The molecule has 1 heterocycles. The summed E-state index contributed by atoms with van der Waals surface area (Å²) in [5.74, 6) is -0.584. The number of pyridine rings is 1. The van der Waals surface area contributed by atoms with Crippen LogP contribution in [0.2, 0.25) is 5.02 Å². The molecule has 3 aromatic rings. The molecule has 3 rings (SSSR count). The fourth-order valence-electron chi connectivity index (χ4n) is 2.51. The fraction of sp³-hybridized carbons (Fsp3) is 0.111. The van der Waals surface area contributed by atoms with Crippen molar-refractivity contribution in [3.8, 4) is 11.3 Å². The van der Waals surface area contributed by atoms with Crippen molar-refractivity contribution in [3.63, 3.8) is 0 Å². The first-order chi connectivity index (χ1) is 12.0. The largest absolute Gasteiger partial charge is 0.462 e. The highest BCUT2D eigenvalue weighted by atomic mass is 35.5. The maximum Gasteiger partial charge on any atom is 0.341 e. The van der Waals surface area contributed by atoms with Crippen molar-refractivity contribution < 1.29 is 14.5 Å². The molecule has 126 valence electrons. The highest BCUT2D eigenvalue weighted by Crippen LogP contribution is 2.34. The smallest absolute Gasteiger partial charge is 0.341 e. The van der Waals surface area contributed by atoms with E-state index in [0.717, 1.165) is 0 Å². The lowest BCUT2D eigenvalue weighted by Crippen LogP contribution is -2.09. The zero-order chi connectivity index (χ0) is 18.0. The number of nitrogens with zero attached hydrogens (tertiary/aromatic N) is 2. The number of halogens is 1. The van der Waals surface area contributed by atoms with E-state index in [4.69, 9.17) is 16.3 Å². The van der Waals surface area contributed by atoms with E-state index in [1.807, 2.05) is 6.07 Å². The predicted molar refractivity (Wildman–Crippen MR) is 94.8 cm³/mol. The average molecular weight is 357 g/mol. The van der Waals surface area contributed by atoms with Gasteiger partial charge in [0.25, 0.3) is 5.69 Å². The number of ether oxygens (including phenoxy) is 1. The number of carbonyl (C=O) groups is 1. The molecule has 0 N–H and O–H groups in total. The highest BCUT2D eigenvalue weighted by Gasteiger charge is 2.22. The van der Waals surface area contributed by atoms with E-state index in [2.05, 4.69) is 4.98 Å². The van der Waals surface area contributed by atoms with Gasteiger partial charge in [0.15, 0.2) is 0 Å². The lowest BCUT2D eigenvalue weighted by molar-refractivity contribution is -0.384. The van der Waals surface area contributed by atoms with Crippen LogP contribution in [0.5, 0.6) is 0 Å². The van der Waals surface area contributed by atoms with Gasteiger partial charge in [-0.15, -0.1) is 0 Å². The molecule has 0 saturated carbocycles. The summed E-state index contributed by atoms with van der Waals surface area (Å²) in [5, 5.41) is 11.7. The third-order valence-electron chi connectivity index (χ3n) is 3.66. The van der Waals surface area contributed by atoms with Crippen molar-refractivity contribution in [2.24, 2.45) is 0 Å².